The molecule has 4 heteroatoms. The monoisotopic (exact) mass is 275 g/mol. The van der Waals surface area contributed by atoms with E-state index >= 15 is 0 Å². The fourth-order valence-corrected chi connectivity index (χ4v) is 2.72. The molecule has 0 bridgehead atoms. The predicted octanol–water partition coefficient (Wildman–Crippen LogP) is 2.94. The molecule has 1 aliphatic heterocycles. The second-order valence-corrected chi connectivity index (χ2v) is 5.28. The first-order chi connectivity index (χ1) is 9.76. The van der Waals surface area contributed by atoms with Crippen LogP contribution in [-0.4, -0.2) is 42.0 Å². The highest BCUT2D eigenvalue weighted by atomic mass is 16.2. The number of aromatic nitrogens is 1. The van der Waals surface area contributed by atoms with Crippen molar-refractivity contribution in [3.63, 3.8) is 0 Å². The molecule has 0 saturated carbocycles. The fraction of sp³-hybridized carbons (Fsp3) is 0.625. The fourth-order valence-electron chi connectivity index (χ4n) is 2.72. The van der Waals surface area contributed by atoms with Crippen LogP contribution in [0.1, 0.15) is 50.0 Å². The SMILES string of the molecule is CCN(CC)c1ccc(C(=O)N2CCCCCC2)nc1. The van der Waals surface area contributed by atoms with Crippen molar-refractivity contribution in [2.75, 3.05) is 31.1 Å². The molecule has 0 unspecified atom stereocenters. The maximum Gasteiger partial charge on any atom is 0.272 e. The Morgan fingerprint density at radius 3 is 2.30 bits per heavy atom. The summed E-state index contributed by atoms with van der Waals surface area (Å²) in [4.78, 5) is 21.0. The Morgan fingerprint density at radius 2 is 1.80 bits per heavy atom. The van der Waals surface area contributed by atoms with Gasteiger partial charge in [-0.2, -0.15) is 0 Å². The van der Waals surface area contributed by atoms with E-state index < -0.39 is 0 Å². The molecule has 1 amide bonds. The van der Waals surface area contributed by atoms with Crippen LogP contribution < -0.4 is 4.90 Å². The Hall–Kier alpha value is -1.58. The molecule has 1 saturated heterocycles. The lowest BCUT2D eigenvalue weighted by Gasteiger charge is -2.22. The highest BCUT2D eigenvalue weighted by Gasteiger charge is 2.18. The minimum absolute atomic E-state index is 0.0815. The van der Waals surface area contributed by atoms with Crippen LogP contribution in [0.4, 0.5) is 5.69 Å². The number of rotatable bonds is 4. The van der Waals surface area contributed by atoms with Crippen molar-refractivity contribution in [1.29, 1.82) is 0 Å². The summed E-state index contributed by atoms with van der Waals surface area (Å²) in [5.74, 6) is 0.0815. The molecule has 1 fully saturated rings. The summed E-state index contributed by atoms with van der Waals surface area (Å²) >= 11 is 0. The maximum absolute atomic E-state index is 12.4. The summed E-state index contributed by atoms with van der Waals surface area (Å²) in [5.41, 5.74) is 1.66. The van der Waals surface area contributed by atoms with Crippen LogP contribution in [0.3, 0.4) is 0 Å². The Kier molecular flexibility index (Phi) is 5.39. The molecule has 1 aliphatic rings. The van der Waals surface area contributed by atoms with Gasteiger partial charge in [0.15, 0.2) is 0 Å². The van der Waals surface area contributed by atoms with Crippen LogP contribution in [0.25, 0.3) is 0 Å². The predicted molar refractivity (Wildman–Crippen MR) is 82.2 cm³/mol. The highest BCUT2D eigenvalue weighted by Crippen LogP contribution is 2.15. The average molecular weight is 275 g/mol. The van der Waals surface area contributed by atoms with Gasteiger partial charge < -0.3 is 9.80 Å². The van der Waals surface area contributed by atoms with Gasteiger partial charge in [0.2, 0.25) is 0 Å². The van der Waals surface area contributed by atoms with Crippen molar-refractivity contribution in [3.05, 3.63) is 24.0 Å². The Labute approximate surface area is 121 Å². The molecule has 2 rings (SSSR count). The maximum atomic E-state index is 12.4. The molecule has 1 aromatic rings. The van der Waals surface area contributed by atoms with E-state index in [0.29, 0.717) is 5.69 Å². The van der Waals surface area contributed by atoms with E-state index in [0.717, 1.165) is 44.7 Å². The van der Waals surface area contributed by atoms with E-state index in [1.165, 1.54) is 12.8 Å². The molecule has 4 nitrogen and oxygen atoms in total. The van der Waals surface area contributed by atoms with Gasteiger partial charge in [-0.1, -0.05) is 12.8 Å². The Bertz CT molecular complexity index is 418. The van der Waals surface area contributed by atoms with Gasteiger partial charge in [-0.3, -0.25) is 4.79 Å². The number of carbonyl (C=O) groups is 1. The average Bonchev–Trinajstić information content (AvgIpc) is 2.77. The number of carbonyl (C=O) groups excluding carboxylic acids is 1. The summed E-state index contributed by atoms with van der Waals surface area (Å²) < 4.78 is 0. The quantitative estimate of drug-likeness (QED) is 0.847. The van der Waals surface area contributed by atoms with Gasteiger partial charge in [0.25, 0.3) is 5.91 Å². The van der Waals surface area contributed by atoms with Gasteiger partial charge >= 0.3 is 0 Å². The lowest BCUT2D eigenvalue weighted by atomic mass is 10.2. The molecule has 110 valence electrons. The van der Waals surface area contributed by atoms with Crippen molar-refractivity contribution < 1.29 is 4.79 Å². The van der Waals surface area contributed by atoms with Crippen LogP contribution in [0.2, 0.25) is 0 Å². The lowest BCUT2D eigenvalue weighted by Crippen LogP contribution is -2.32. The number of nitrogens with zero attached hydrogens (tertiary/aromatic N) is 3. The van der Waals surface area contributed by atoms with E-state index in [1.807, 2.05) is 23.2 Å². The normalized spacial score (nSPS) is 15.8. The van der Waals surface area contributed by atoms with E-state index in [9.17, 15) is 4.79 Å². The molecule has 20 heavy (non-hydrogen) atoms. The number of likely N-dealkylation sites (tertiary alicyclic amines) is 1. The summed E-state index contributed by atoms with van der Waals surface area (Å²) in [6.07, 6.45) is 6.51. The van der Waals surface area contributed by atoms with Crippen LogP contribution in [0.15, 0.2) is 18.3 Å². The van der Waals surface area contributed by atoms with Gasteiger partial charge in [0.1, 0.15) is 5.69 Å². The van der Waals surface area contributed by atoms with E-state index in [1.54, 1.807) is 0 Å². The molecule has 2 heterocycles. The summed E-state index contributed by atoms with van der Waals surface area (Å²) in [5, 5.41) is 0. The second kappa shape index (κ2) is 7.27. The molecule has 0 radical (unpaired) electrons. The van der Waals surface area contributed by atoms with Crippen LogP contribution >= 0.6 is 0 Å². The van der Waals surface area contributed by atoms with Crippen LogP contribution in [0.5, 0.6) is 0 Å². The first-order valence-corrected chi connectivity index (χ1v) is 7.76. The van der Waals surface area contributed by atoms with E-state index in [-0.39, 0.29) is 5.91 Å². The van der Waals surface area contributed by atoms with Gasteiger partial charge in [-0.25, -0.2) is 4.98 Å². The summed E-state index contributed by atoms with van der Waals surface area (Å²) in [6, 6.07) is 3.87. The molecule has 0 aliphatic carbocycles. The molecular formula is C16H25N3O. The summed E-state index contributed by atoms with van der Waals surface area (Å²) in [7, 11) is 0. The minimum atomic E-state index is 0.0815. The molecule has 0 spiro atoms. The van der Waals surface area contributed by atoms with Crippen molar-refractivity contribution in [1.82, 2.24) is 9.88 Å². The Morgan fingerprint density at radius 1 is 1.15 bits per heavy atom. The molecule has 0 atom stereocenters. The highest BCUT2D eigenvalue weighted by molar-refractivity contribution is 5.92. The first-order valence-electron chi connectivity index (χ1n) is 7.76. The largest absolute Gasteiger partial charge is 0.371 e. The van der Waals surface area contributed by atoms with E-state index in [4.69, 9.17) is 0 Å². The number of anilines is 1. The second-order valence-electron chi connectivity index (χ2n) is 5.28. The number of hydrogen-bond donors (Lipinski definition) is 0. The number of pyridine rings is 1. The van der Waals surface area contributed by atoms with Gasteiger partial charge in [-0.05, 0) is 38.8 Å². The third kappa shape index (κ3) is 3.50. The third-order valence-corrected chi connectivity index (χ3v) is 3.99. The zero-order chi connectivity index (χ0) is 14.4. The minimum Gasteiger partial charge on any atom is -0.371 e. The number of amides is 1. The zero-order valence-corrected chi connectivity index (χ0v) is 12.6. The van der Waals surface area contributed by atoms with Gasteiger partial charge in [0, 0.05) is 26.2 Å². The third-order valence-electron chi connectivity index (χ3n) is 3.99. The van der Waals surface area contributed by atoms with Crippen molar-refractivity contribution >= 4 is 11.6 Å². The number of hydrogen-bond acceptors (Lipinski definition) is 3. The topological polar surface area (TPSA) is 36.4 Å². The van der Waals surface area contributed by atoms with Crippen LogP contribution in [0, 0.1) is 0 Å². The lowest BCUT2D eigenvalue weighted by molar-refractivity contribution is 0.0756. The summed E-state index contributed by atoms with van der Waals surface area (Å²) in [6.45, 7) is 7.91. The first kappa shape index (κ1) is 14.8. The van der Waals surface area contributed by atoms with Crippen molar-refractivity contribution in [2.45, 2.75) is 39.5 Å². The Balaban J connectivity index is 2.06. The molecular weight excluding hydrogens is 250 g/mol. The van der Waals surface area contributed by atoms with Crippen molar-refractivity contribution in [2.24, 2.45) is 0 Å². The molecule has 0 aromatic carbocycles. The standard InChI is InChI=1S/C16H25N3O/c1-3-18(4-2)14-9-10-15(17-13-14)16(20)19-11-7-5-6-8-12-19/h9-10,13H,3-8,11-12H2,1-2H3. The van der Waals surface area contributed by atoms with E-state index in [2.05, 4.69) is 23.7 Å². The van der Waals surface area contributed by atoms with Crippen molar-refractivity contribution in [3.8, 4) is 0 Å². The smallest absolute Gasteiger partial charge is 0.272 e. The zero-order valence-electron chi connectivity index (χ0n) is 12.6. The molecule has 1 aromatic heterocycles. The van der Waals surface area contributed by atoms with Gasteiger partial charge in [-0.15, -0.1) is 0 Å². The van der Waals surface area contributed by atoms with Gasteiger partial charge in [0.05, 0.1) is 11.9 Å². The molecule has 0 N–H and O–H groups in total. The van der Waals surface area contributed by atoms with Crippen LogP contribution in [-0.2, 0) is 0 Å².